The van der Waals surface area contributed by atoms with E-state index in [2.05, 4.69) is 0 Å². The SMILES string of the molecule is C1=C/C(=C2\C=CCO2)OC1. The summed E-state index contributed by atoms with van der Waals surface area (Å²) in [6.07, 6.45) is 7.81. The smallest absolute Gasteiger partial charge is 0.161 e. The number of allylic oxidation sites excluding steroid dienone is 2. The summed E-state index contributed by atoms with van der Waals surface area (Å²) in [4.78, 5) is 0. The molecule has 0 N–H and O–H groups in total. The Morgan fingerprint density at radius 3 is 1.70 bits per heavy atom. The maximum absolute atomic E-state index is 5.23. The minimum Gasteiger partial charge on any atom is -0.486 e. The highest BCUT2D eigenvalue weighted by Gasteiger charge is 2.10. The Hall–Kier alpha value is -1.18. The summed E-state index contributed by atoms with van der Waals surface area (Å²) in [7, 11) is 0. The highest BCUT2D eigenvalue weighted by Crippen LogP contribution is 2.18. The van der Waals surface area contributed by atoms with E-state index in [0.29, 0.717) is 13.2 Å². The molecule has 0 unspecified atom stereocenters. The van der Waals surface area contributed by atoms with E-state index in [4.69, 9.17) is 9.47 Å². The second-order valence-corrected chi connectivity index (χ2v) is 2.16. The van der Waals surface area contributed by atoms with Gasteiger partial charge in [0.25, 0.3) is 0 Å². The van der Waals surface area contributed by atoms with E-state index >= 15 is 0 Å². The minimum absolute atomic E-state index is 0.677. The topological polar surface area (TPSA) is 18.5 Å². The molecule has 0 aromatic heterocycles. The molecule has 0 aromatic rings. The first kappa shape index (κ1) is 5.59. The van der Waals surface area contributed by atoms with Crippen molar-refractivity contribution in [2.45, 2.75) is 0 Å². The molecule has 2 heterocycles. The molecule has 0 aromatic carbocycles. The van der Waals surface area contributed by atoms with Crippen molar-refractivity contribution in [1.29, 1.82) is 0 Å². The Kier molecular flexibility index (Phi) is 1.24. The van der Waals surface area contributed by atoms with Crippen LogP contribution >= 0.6 is 0 Å². The van der Waals surface area contributed by atoms with Crippen LogP contribution in [0.4, 0.5) is 0 Å². The summed E-state index contributed by atoms with van der Waals surface area (Å²) >= 11 is 0. The van der Waals surface area contributed by atoms with Crippen LogP contribution in [0.1, 0.15) is 0 Å². The zero-order valence-corrected chi connectivity index (χ0v) is 5.54. The van der Waals surface area contributed by atoms with E-state index in [1.54, 1.807) is 0 Å². The quantitative estimate of drug-likeness (QED) is 0.500. The zero-order chi connectivity index (χ0) is 6.81. The third-order valence-electron chi connectivity index (χ3n) is 1.45. The average molecular weight is 136 g/mol. The van der Waals surface area contributed by atoms with E-state index in [-0.39, 0.29) is 0 Å². The number of hydrogen-bond acceptors (Lipinski definition) is 2. The average Bonchev–Trinajstić information content (AvgIpc) is 2.59. The molecule has 2 heteroatoms. The molecule has 2 aliphatic heterocycles. The van der Waals surface area contributed by atoms with Crippen molar-refractivity contribution >= 4 is 0 Å². The molecule has 0 bridgehead atoms. The molecule has 2 rings (SSSR count). The van der Waals surface area contributed by atoms with Crippen LogP contribution in [0.2, 0.25) is 0 Å². The van der Waals surface area contributed by atoms with E-state index in [9.17, 15) is 0 Å². The molecule has 0 radical (unpaired) electrons. The summed E-state index contributed by atoms with van der Waals surface area (Å²) in [5.74, 6) is 1.71. The molecule has 2 aliphatic rings. The minimum atomic E-state index is 0.677. The van der Waals surface area contributed by atoms with Gasteiger partial charge in [-0.15, -0.1) is 0 Å². The molecule has 0 aliphatic carbocycles. The van der Waals surface area contributed by atoms with Gasteiger partial charge in [0.15, 0.2) is 11.5 Å². The lowest BCUT2D eigenvalue weighted by Gasteiger charge is -2.01. The van der Waals surface area contributed by atoms with Crippen LogP contribution in [0.25, 0.3) is 0 Å². The Labute approximate surface area is 59.4 Å². The number of hydrogen-bond donors (Lipinski definition) is 0. The van der Waals surface area contributed by atoms with E-state index in [0.717, 1.165) is 11.5 Å². The van der Waals surface area contributed by atoms with Gasteiger partial charge in [0.1, 0.15) is 13.2 Å². The van der Waals surface area contributed by atoms with Gasteiger partial charge in [-0.3, -0.25) is 0 Å². The molecule has 0 atom stereocenters. The van der Waals surface area contributed by atoms with Crippen LogP contribution in [-0.4, -0.2) is 13.2 Å². The molecule has 0 saturated carbocycles. The van der Waals surface area contributed by atoms with E-state index < -0.39 is 0 Å². The fourth-order valence-corrected chi connectivity index (χ4v) is 0.989. The van der Waals surface area contributed by atoms with Gasteiger partial charge in [0, 0.05) is 0 Å². The Morgan fingerprint density at radius 1 is 0.900 bits per heavy atom. The first-order valence-electron chi connectivity index (χ1n) is 3.30. The summed E-state index contributed by atoms with van der Waals surface area (Å²) < 4.78 is 10.5. The van der Waals surface area contributed by atoms with Gasteiger partial charge in [-0.2, -0.15) is 0 Å². The number of ether oxygens (including phenoxy) is 2. The van der Waals surface area contributed by atoms with Gasteiger partial charge in [-0.25, -0.2) is 0 Å². The summed E-state index contributed by atoms with van der Waals surface area (Å²) in [5.41, 5.74) is 0. The molecule has 0 saturated heterocycles. The summed E-state index contributed by atoms with van der Waals surface area (Å²) in [5, 5.41) is 0. The molecule has 0 amide bonds. The lowest BCUT2D eigenvalue weighted by molar-refractivity contribution is 0.220. The first-order valence-corrected chi connectivity index (χ1v) is 3.30. The van der Waals surface area contributed by atoms with E-state index in [1.165, 1.54) is 0 Å². The molecular weight excluding hydrogens is 128 g/mol. The largest absolute Gasteiger partial charge is 0.486 e. The standard InChI is InChI=1S/C8H8O2/c1-3-7(9-5-1)8-4-2-6-10-8/h1-4H,5-6H2/b8-7-. The fourth-order valence-electron chi connectivity index (χ4n) is 0.989. The van der Waals surface area contributed by atoms with Gasteiger partial charge < -0.3 is 9.47 Å². The molecule has 52 valence electrons. The van der Waals surface area contributed by atoms with Gasteiger partial charge in [0.2, 0.25) is 0 Å². The Morgan fingerprint density at radius 2 is 1.40 bits per heavy atom. The van der Waals surface area contributed by atoms with Crippen molar-refractivity contribution < 1.29 is 9.47 Å². The maximum Gasteiger partial charge on any atom is 0.161 e. The number of rotatable bonds is 0. The first-order chi connectivity index (χ1) is 4.97. The predicted molar refractivity (Wildman–Crippen MR) is 37.2 cm³/mol. The molecule has 0 spiro atoms. The second-order valence-electron chi connectivity index (χ2n) is 2.16. The molecule has 10 heavy (non-hydrogen) atoms. The van der Waals surface area contributed by atoms with Crippen LogP contribution in [0.5, 0.6) is 0 Å². The third kappa shape index (κ3) is 0.817. The van der Waals surface area contributed by atoms with Gasteiger partial charge in [0.05, 0.1) is 0 Å². The van der Waals surface area contributed by atoms with Crippen molar-refractivity contribution in [2.75, 3.05) is 13.2 Å². The Bertz CT molecular complexity index is 199. The molecule has 0 fully saturated rings. The van der Waals surface area contributed by atoms with Gasteiger partial charge in [-0.05, 0) is 24.3 Å². The monoisotopic (exact) mass is 136 g/mol. The van der Waals surface area contributed by atoms with Gasteiger partial charge >= 0.3 is 0 Å². The van der Waals surface area contributed by atoms with E-state index in [1.807, 2.05) is 24.3 Å². The van der Waals surface area contributed by atoms with Crippen molar-refractivity contribution in [1.82, 2.24) is 0 Å². The molecule has 2 nitrogen and oxygen atoms in total. The highest BCUT2D eigenvalue weighted by molar-refractivity contribution is 5.29. The van der Waals surface area contributed by atoms with Crippen LogP contribution < -0.4 is 0 Å². The van der Waals surface area contributed by atoms with Gasteiger partial charge in [-0.1, -0.05) is 0 Å². The van der Waals surface area contributed by atoms with Crippen molar-refractivity contribution in [2.24, 2.45) is 0 Å². The molecular formula is C8H8O2. The zero-order valence-electron chi connectivity index (χ0n) is 5.54. The Balaban J connectivity index is 2.26. The normalized spacial score (nSPS) is 28.8. The lowest BCUT2D eigenvalue weighted by atomic mass is 10.4. The van der Waals surface area contributed by atoms with Crippen LogP contribution in [-0.2, 0) is 9.47 Å². The predicted octanol–water partition coefficient (Wildman–Crippen LogP) is 1.37. The fraction of sp³-hybridized carbons (Fsp3) is 0.250. The van der Waals surface area contributed by atoms with Crippen molar-refractivity contribution in [3.05, 3.63) is 35.8 Å². The van der Waals surface area contributed by atoms with Crippen LogP contribution in [0.15, 0.2) is 35.8 Å². The van der Waals surface area contributed by atoms with Crippen LogP contribution in [0, 0.1) is 0 Å². The highest BCUT2D eigenvalue weighted by atomic mass is 16.5. The lowest BCUT2D eigenvalue weighted by Crippen LogP contribution is -1.88. The second kappa shape index (κ2) is 2.21. The summed E-state index contributed by atoms with van der Waals surface area (Å²) in [6, 6.07) is 0. The van der Waals surface area contributed by atoms with Crippen LogP contribution in [0.3, 0.4) is 0 Å². The third-order valence-corrected chi connectivity index (χ3v) is 1.45. The van der Waals surface area contributed by atoms with Crippen molar-refractivity contribution in [3.63, 3.8) is 0 Å². The summed E-state index contributed by atoms with van der Waals surface area (Å²) in [6.45, 7) is 1.35. The maximum atomic E-state index is 5.23. The van der Waals surface area contributed by atoms with Crippen molar-refractivity contribution in [3.8, 4) is 0 Å².